The van der Waals surface area contributed by atoms with Crippen LogP contribution in [-0.2, 0) is 23.4 Å². The van der Waals surface area contributed by atoms with Crippen LogP contribution < -0.4 is 19.8 Å². The van der Waals surface area contributed by atoms with Crippen molar-refractivity contribution in [3.8, 4) is 11.5 Å². The van der Waals surface area contributed by atoms with Crippen LogP contribution in [0.4, 0.5) is 5.69 Å². The molecule has 0 aliphatic carbocycles. The fraction of sp³-hybridized carbons (Fsp3) is 0.121. The number of nitrogens with zero attached hydrogens (tertiary/aromatic N) is 2. The number of benzene rings is 4. The number of carbonyl (C=O) groups is 2. The number of anilines is 1. The molecule has 5 aromatic rings. The summed E-state index contributed by atoms with van der Waals surface area (Å²) in [4.78, 5) is 46.6. The summed E-state index contributed by atoms with van der Waals surface area (Å²) in [6.07, 6.45) is 0. The van der Waals surface area contributed by atoms with E-state index < -0.39 is 22.8 Å². The maximum absolute atomic E-state index is 15.0. The van der Waals surface area contributed by atoms with Crippen molar-refractivity contribution >= 4 is 40.1 Å². The van der Waals surface area contributed by atoms with E-state index in [9.17, 15) is 14.4 Å². The van der Waals surface area contributed by atoms with Crippen LogP contribution >= 0.6 is 11.6 Å². The lowest BCUT2D eigenvalue weighted by Crippen LogP contribution is -2.52. The SMILES string of the molecule is O=C1c2oc3ccccc3c(=O)c2C2(C(=O)N(Cc3ccccc3Cl)c3ccccc32)N1Cc1ccc2c(c1)OCO2. The lowest BCUT2D eigenvalue weighted by Gasteiger charge is -2.34. The fourth-order valence-electron chi connectivity index (χ4n) is 6.33. The molecule has 1 atom stereocenters. The summed E-state index contributed by atoms with van der Waals surface area (Å²) >= 11 is 6.52. The van der Waals surface area contributed by atoms with E-state index in [2.05, 4.69) is 0 Å². The predicted molar refractivity (Wildman–Crippen MR) is 155 cm³/mol. The molecule has 1 unspecified atom stereocenters. The van der Waals surface area contributed by atoms with Gasteiger partial charge in [0, 0.05) is 17.1 Å². The number of hydrogen-bond donors (Lipinski definition) is 0. The molecular weight excluding hydrogens is 556 g/mol. The summed E-state index contributed by atoms with van der Waals surface area (Å²) in [7, 11) is 0. The molecule has 0 saturated heterocycles. The molecule has 9 heteroatoms. The molecule has 0 radical (unpaired) electrons. The van der Waals surface area contributed by atoms with E-state index in [1.807, 2.05) is 36.4 Å². The minimum absolute atomic E-state index is 0.00939. The second-order valence-electron chi connectivity index (χ2n) is 10.4. The lowest BCUT2D eigenvalue weighted by molar-refractivity contribution is -0.126. The van der Waals surface area contributed by atoms with Gasteiger partial charge >= 0.3 is 0 Å². The second kappa shape index (κ2) is 8.96. The summed E-state index contributed by atoms with van der Waals surface area (Å²) in [6, 6.07) is 26.7. The van der Waals surface area contributed by atoms with Gasteiger partial charge in [-0.2, -0.15) is 0 Å². The minimum Gasteiger partial charge on any atom is -0.454 e. The standard InChI is InChI=1S/C33H21ClN2O6/c34-23-10-4-1-7-20(23)17-35-24-11-5-3-9-22(24)33(32(35)39)28-29(37)21-8-2-6-12-25(21)42-30(28)31(38)36(33)16-19-13-14-26-27(15-19)41-18-40-26/h1-15H,16-18H2. The zero-order valence-electron chi connectivity index (χ0n) is 22.0. The fourth-order valence-corrected chi connectivity index (χ4v) is 6.53. The Morgan fingerprint density at radius 2 is 1.57 bits per heavy atom. The second-order valence-corrected chi connectivity index (χ2v) is 10.8. The summed E-state index contributed by atoms with van der Waals surface area (Å²) in [5.74, 6) is 0.0273. The lowest BCUT2D eigenvalue weighted by atomic mass is 9.83. The zero-order chi connectivity index (χ0) is 28.6. The Balaban J connectivity index is 1.38. The molecule has 4 aromatic carbocycles. The molecule has 0 saturated carbocycles. The van der Waals surface area contributed by atoms with Gasteiger partial charge < -0.3 is 23.7 Å². The molecule has 4 heterocycles. The van der Waals surface area contributed by atoms with E-state index in [-0.39, 0.29) is 36.8 Å². The van der Waals surface area contributed by atoms with Crippen LogP contribution in [0.3, 0.4) is 0 Å². The van der Waals surface area contributed by atoms with Gasteiger partial charge in [-0.3, -0.25) is 14.4 Å². The number of amides is 2. The third-order valence-electron chi connectivity index (χ3n) is 8.21. The Morgan fingerprint density at radius 3 is 2.45 bits per heavy atom. The van der Waals surface area contributed by atoms with Gasteiger partial charge in [0.15, 0.2) is 22.5 Å². The van der Waals surface area contributed by atoms with Gasteiger partial charge in [-0.25, -0.2) is 0 Å². The molecule has 3 aliphatic rings. The van der Waals surface area contributed by atoms with Crippen LogP contribution in [0.1, 0.15) is 32.8 Å². The van der Waals surface area contributed by atoms with Crippen LogP contribution in [0.15, 0.2) is 100 Å². The molecule has 1 aromatic heterocycles. The van der Waals surface area contributed by atoms with Crippen molar-refractivity contribution in [3.05, 3.63) is 134 Å². The average Bonchev–Trinajstić information content (AvgIpc) is 3.64. The highest BCUT2D eigenvalue weighted by Crippen LogP contribution is 2.53. The van der Waals surface area contributed by atoms with Gasteiger partial charge in [0.05, 0.1) is 23.2 Å². The highest BCUT2D eigenvalue weighted by Gasteiger charge is 2.65. The molecule has 0 fully saturated rings. The Labute approximate surface area is 244 Å². The first-order valence-electron chi connectivity index (χ1n) is 13.4. The van der Waals surface area contributed by atoms with Gasteiger partial charge in [-0.05, 0) is 47.5 Å². The minimum atomic E-state index is -1.76. The van der Waals surface area contributed by atoms with Crippen LogP contribution in [0.25, 0.3) is 11.0 Å². The first kappa shape index (κ1) is 24.7. The van der Waals surface area contributed by atoms with Crippen molar-refractivity contribution in [3.63, 3.8) is 0 Å². The van der Waals surface area contributed by atoms with Gasteiger partial charge in [0.1, 0.15) is 5.58 Å². The third-order valence-corrected chi connectivity index (χ3v) is 8.58. The van der Waals surface area contributed by atoms with Crippen molar-refractivity contribution in [2.75, 3.05) is 11.7 Å². The van der Waals surface area contributed by atoms with E-state index in [0.717, 1.165) is 5.56 Å². The normalized spacial score (nSPS) is 18.3. The van der Waals surface area contributed by atoms with Crippen molar-refractivity contribution in [1.82, 2.24) is 4.90 Å². The first-order valence-corrected chi connectivity index (χ1v) is 13.8. The van der Waals surface area contributed by atoms with Crippen molar-refractivity contribution < 1.29 is 23.5 Å². The molecule has 3 aliphatic heterocycles. The quantitative estimate of drug-likeness (QED) is 0.276. The summed E-state index contributed by atoms with van der Waals surface area (Å²) in [6.45, 7) is 0.262. The molecule has 8 nitrogen and oxygen atoms in total. The van der Waals surface area contributed by atoms with Gasteiger partial charge in [0.25, 0.3) is 11.8 Å². The van der Waals surface area contributed by atoms with Crippen molar-refractivity contribution in [2.24, 2.45) is 0 Å². The zero-order valence-corrected chi connectivity index (χ0v) is 22.8. The summed E-state index contributed by atoms with van der Waals surface area (Å²) in [5, 5.41) is 0.803. The number of para-hydroxylation sites is 2. The number of carbonyl (C=O) groups excluding carboxylic acids is 2. The molecule has 42 heavy (non-hydrogen) atoms. The number of hydrogen-bond acceptors (Lipinski definition) is 6. The Morgan fingerprint density at radius 1 is 0.810 bits per heavy atom. The molecule has 0 N–H and O–H groups in total. The Hall–Kier alpha value is -5.08. The molecular formula is C33H21ClN2O6. The highest BCUT2D eigenvalue weighted by molar-refractivity contribution is 6.31. The smallest absolute Gasteiger partial charge is 0.291 e. The van der Waals surface area contributed by atoms with E-state index in [0.29, 0.717) is 38.7 Å². The van der Waals surface area contributed by atoms with Crippen LogP contribution in [0.2, 0.25) is 5.02 Å². The van der Waals surface area contributed by atoms with Crippen LogP contribution in [0, 0.1) is 0 Å². The van der Waals surface area contributed by atoms with Crippen LogP contribution in [-0.4, -0.2) is 23.5 Å². The number of rotatable bonds is 4. The van der Waals surface area contributed by atoms with Crippen molar-refractivity contribution in [1.29, 1.82) is 0 Å². The maximum Gasteiger partial charge on any atom is 0.291 e. The third kappa shape index (κ3) is 3.27. The van der Waals surface area contributed by atoms with Gasteiger partial charge in [-0.1, -0.05) is 66.2 Å². The molecule has 0 bridgehead atoms. The summed E-state index contributed by atoms with van der Waals surface area (Å²) in [5.41, 5.74) is 0.668. The summed E-state index contributed by atoms with van der Waals surface area (Å²) < 4.78 is 17.2. The van der Waals surface area contributed by atoms with Gasteiger partial charge in [0.2, 0.25) is 12.6 Å². The molecule has 206 valence electrons. The van der Waals surface area contributed by atoms with Crippen LogP contribution in [0.5, 0.6) is 11.5 Å². The Bertz CT molecular complexity index is 2040. The highest BCUT2D eigenvalue weighted by atomic mass is 35.5. The largest absolute Gasteiger partial charge is 0.454 e. The maximum atomic E-state index is 15.0. The number of halogens is 1. The molecule has 1 spiro atoms. The predicted octanol–water partition coefficient (Wildman–Crippen LogP) is 5.62. The Kier molecular flexibility index (Phi) is 5.27. The first-order chi connectivity index (χ1) is 20.5. The number of ether oxygens (including phenoxy) is 2. The number of fused-ring (bicyclic) bond motifs is 6. The van der Waals surface area contributed by atoms with E-state index in [1.165, 1.54) is 4.90 Å². The van der Waals surface area contributed by atoms with Gasteiger partial charge in [-0.15, -0.1) is 0 Å². The van der Waals surface area contributed by atoms with E-state index in [1.54, 1.807) is 59.5 Å². The molecule has 2 amide bonds. The molecule has 8 rings (SSSR count). The van der Waals surface area contributed by atoms with E-state index >= 15 is 0 Å². The van der Waals surface area contributed by atoms with E-state index in [4.69, 9.17) is 25.5 Å². The average molecular weight is 577 g/mol. The topological polar surface area (TPSA) is 89.3 Å². The van der Waals surface area contributed by atoms with Crippen molar-refractivity contribution in [2.45, 2.75) is 18.6 Å². The monoisotopic (exact) mass is 576 g/mol.